The largest absolute Gasteiger partial charge is 0.462 e. The molecule has 6 atom stereocenters. The predicted molar refractivity (Wildman–Crippen MR) is 170 cm³/mol. The van der Waals surface area contributed by atoms with Gasteiger partial charge in [0.05, 0.1) is 0 Å². The zero-order chi connectivity index (χ0) is 30.0. The number of hydrogen-bond donors (Lipinski definition) is 0. The van der Waals surface area contributed by atoms with Crippen LogP contribution in [-0.2, 0) is 14.0 Å². The first-order valence-corrected chi connectivity index (χ1v) is 19.4. The smallest absolute Gasteiger partial charge is 0.302 e. The summed E-state index contributed by atoms with van der Waals surface area (Å²) >= 11 is 0. The lowest BCUT2D eigenvalue weighted by Gasteiger charge is -2.48. The topological polar surface area (TPSA) is 35.5 Å². The van der Waals surface area contributed by atoms with Gasteiger partial charge in [0.2, 0.25) is 0 Å². The molecule has 2 fully saturated rings. The lowest BCUT2D eigenvalue weighted by atomic mass is 9.60. The molecule has 0 bridgehead atoms. The molecule has 4 unspecified atom stereocenters. The fraction of sp³-hybridized carbons (Fsp3) is 0.971. The Morgan fingerprint density at radius 1 is 0.949 bits per heavy atom. The highest BCUT2D eigenvalue weighted by molar-refractivity contribution is 6.74. The van der Waals surface area contributed by atoms with Gasteiger partial charge in [-0.05, 0) is 103 Å². The monoisotopic (exact) mass is 564 g/mol. The molecule has 230 valence electrons. The van der Waals surface area contributed by atoms with Gasteiger partial charge in [-0.2, -0.15) is 0 Å². The van der Waals surface area contributed by atoms with Crippen molar-refractivity contribution in [1.82, 2.24) is 0 Å². The summed E-state index contributed by atoms with van der Waals surface area (Å²) in [6.07, 6.45) is 12.8. The predicted octanol–water partition coefficient (Wildman–Crippen LogP) is 10.8. The van der Waals surface area contributed by atoms with Crippen molar-refractivity contribution in [2.24, 2.45) is 39.9 Å². The van der Waals surface area contributed by atoms with Gasteiger partial charge in [-0.15, -0.1) is 0 Å². The first-order chi connectivity index (χ1) is 17.6. The van der Waals surface area contributed by atoms with Crippen LogP contribution in [0, 0.1) is 39.9 Å². The molecule has 3 nitrogen and oxygen atoms in total. The Kier molecular flexibility index (Phi) is 11.5. The highest BCUT2D eigenvalue weighted by Crippen LogP contribution is 2.60. The molecule has 2 rings (SSSR count). The lowest BCUT2D eigenvalue weighted by molar-refractivity contribution is -0.155. The molecular formula is C35H68O3Si. The minimum absolute atomic E-state index is 0.101. The van der Waals surface area contributed by atoms with E-state index in [1.807, 2.05) is 0 Å². The number of esters is 1. The Balaban J connectivity index is 2.29. The van der Waals surface area contributed by atoms with E-state index in [0.717, 1.165) is 24.7 Å². The van der Waals surface area contributed by atoms with Gasteiger partial charge in [-0.1, -0.05) is 89.0 Å². The van der Waals surface area contributed by atoms with Crippen LogP contribution in [0.1, 0.15) is 147 Å². The molecule has 0 amide bonds. The Bertz CT molecular complexity index is 787. The van der Waals surface area contributed by atoms with Gasteiger partial charge in [-0.3, -0.25) is 4.79 Å². The van der Waals surface area contributed by atoms with Crippen LogP contribution in [0.5, 0.6) is 0 Å². The number of fused-ring (bicyclic) bond motifs is 1. The first-order valence-electron chi connectivity index (χ1n) is 16.5. The maximum atomic E-state index is 11.9. The molecule has 39 heavy (non-hydrogen) atoms. The average molecular weight is 565 g/mol. The molecule has 2 aliphatic rings. The Morgan fingerprint density at radius 2 is 1.56 bits per heavy atom. The molecule has 0 radical (unpaired) electrons. The summed E-state index contributed by atoms with van der Waals surface area (Å²) in [7, 11) is -1.94. The molecule has 0 aliphatic heterocycles. The van der Waals surface area contributed by atoms with Gasteiger partial charge < -0.3 is 9.16 Å². The van der Waals surface area contributed by atoms with Crippen LogP contribution in [-0.4, -0.2) is 26.5 Å². The van der Waals surface area contributed by atoms with Gasteiger partial charge in [0.15, 0.2) is 8.32 Å². The van der Waals surface area contributed by atoms with E-state index in [0.29, 0.717) is 17.3 Å². The van der Waals surface area contributed by atoms with Crippen LogP contribution in [0.2, 0.25) is 18.1 Å². The minimum atomic E-state index is -1.94. The SMILES string of the molecule is CC(=O)O[C@H]1CCC[C@]2(C)C(C(CCCC(C)(C)C)CCC(O[Si](C)(C)C(C)(C)C(C)C)C(C)(C)C)CCC12. The van der Waals surface area contributed by atoms with Gasteiger partial charge in [0.25, 0.3) is 0 Å². The zero-order valence-electron chi connectivity index (χ0n) is 28.8. The van der Waals surface area contributed by atoms with E-state index in [1.165, 1.54) is 51.4 Å². The van der Waals surface area contributed by atoms with E-state index < -0.39 is 8.32 Å². The van der Waals surface area contributed by atoms with Crippen molar-refractivity contribution in [3.05, 3.63) is 0 Å². The summed E-state index contributed by atoms with van der Waals surface area (Å²) < 4.78 is 13.2. The molecule has 0 aromatic heterocycles. The van der Waals surface area contributed by atoms with Gasteiger partial charge in [-0.25, -0.2) is 0 Å². The summed E-state index contributed by atoms with van der Waals surface area (Å²) in [6, 6.07) is 0. The molecule has 0 saturated heterocycles. The van der Waals surface area contributed by atoms with Crippen molar-refractivity contribution in [3.63, 3.8) is 0 Å². The van der Waals surface area contributed by atoms with Crippen LogP contribution < -0.4 is 0 Å². The normalized spacial score (nSPS) is 28.3. The van der Waals surface area contributed by atoms with E-state index >= 15 is 0 Å². The van der Waals surface area contributed by atoms with Crippen LogP contribution in [0.25, 0.3) is 0 Å². The maximum Gasteiger partial charge on any atom is 0.302 e. The third-order valence-electron chi connectivity index (χ3n) is 11.7. The van der Waals surface area contributed by atoms with E-state index in [4.69, 9.17) is 9.16 Å². The summed E-state index contributed by atoms with van der Waals surface area (Å²) in [4.78, 5) is 11.9. The summed E-state index contributed by atoms with van der Waals surface area (Å²) in [5.41, 5.74) is 0.796. The van der Waals surface area contributed by atoms with Crippen molar-refractivity contribution in [2.45, 2.75) is 178 Å². The number of carbonyl (C=O) groups is 1. The summed E-state index contributed by atoms with van der Waals surface area (Å²) in [6.45, 7) is 32.9. The van der Waals surface area contributed by atoms with E-state index in [2.05, 4.69) is 89.3 Å². The standard InChI is InChI=1S/C35H68O3Si/c1-25(2)34(10,11)39(13,14)38-31(33(7,8)9)22-19-27(17-15-23-32(4,5)6)28-20-21-29-30(37-26(3)36)18-16-24-35(28,29)12/h25,27-31H,15-24H2,1-14H3/t27?,28?,29?,30-,31?,35+/m0/s1. The van der Waals surface area contributed by atoms with E-state index in [-0.39, 0.29) is 34.0 Å². The Hall–Kier alpha value is -0.353. The van der Waals surface area contributed by atoms with Crippen LogP contribution in [0.3, 0.4) is 0 Å². The quantitative estimate of drug-likeness (QED) is 0.175. The molecule has 0 spiro atoms. The summed E-state index contributed by atoms with van der Waals surface area (Å²) in [5, 5.41) is 0.225. The highest BCUT2D eigenvalue weighted by Gasteiger charge is 2.54. The molecule has 2 aliphatic carbocycles. The van der Waals surface area contributed by atoms with Crippen LogP contribution in [0.4, 0.5) is 0 Å². The van der Waals surface area contributed by atoms with Gasteiger partial charge in [0, 0.05) is 18.9 Å². The minimum Gasteiger partial charge on any atom is -0.462 e. The van der Waals surface area contributed by atoms with Crippen molar-refractivity contribution < 1.29 is 14.0 Å². The highest BCUT2D eigenvalue weighted by atomic mass is 28.4. The second kappa shape index (κ2) is 12.9. The molecule has 4 heteroatoms. The van der Waals surface area contributed by atoms with Gasteiger partial charge in [0.1, 0.15) is 6.10 Å². The second-order valence-electron chi connectivity index (χ2n) is 17.5. The van der Waals surface area contributed by atoms with E-state index in [1.54, 1.807) is 6.92 Å². The molecule has 0 aromatic rings. The third-order valence-corrected chi connectivity index (χ3v) is 16.3. The van der Waals surface area contributed by atoms with Crippen LogP contribution in [0.15, 0.2) is 0 Å². The molecule has 2 saturated carbocycles. The zero-order valence-corrected chi connectivity index (χ0v) is 29.8. The van der Waals surface area contributed by atoms with Crippen molar-refractivity contribution >= 4 is 14.3 Å². The fourth-order valence-corrected chi connectivity index (χ4v) is 10.8. The molecule has 0 aromatic carbocycles. The van der Waals surface area contributed by atoms with E-state index in [9.17, 15) is 4.79 Å². The molecule has 0 heterocycles. The second-order valence-corrected chi connectivity index (χ2v) is 22.0. The summed E-state index contributed by atoms with van der Waals surface area (Å²) in [5.74, 6) is 2.47. The number of ether oxygens (including phenoxy) is 1. The first kappa shape index (κ1) is 34.8. The third kappa shape index (κ3) is 8.82. The Morgan fingerprint density at radius 3 is 2.08 bits per heavy atom. The van der Waals surface area contributed by atoms with Crippen molar-refractivity contribution in [2.75, 3.05) is 0 Å². The van der Waals surface area contributed by atoms with Crippen molar-refractivity contribution in [1.29, 1.82) is 0 Å². The number of rotatable bonds is 12. The average Bonchev–Trinajstić information content (AvgIpc) is 3.10. The number of hydrogen-bond acceptors (Lipinski definition) is 3. The Labute approximate surface area is 245 Å². The maximum absolute atomic E-state index is 11.9. The lowest BCUT2D eigenvalue weighted by Crippen LogP contribution is -2.50. The molecule has 0 N–H and O–H groups in total. The molecular weight excluding hydrogens is 496 g/mol. The number of carbonyl (C=O) groups excluding carboxylic acids is 1. The van der Waals surface area contributed by atoms with Crippen molar-refractivity contribution in [3.8, 4) is 0 Å². The van der Waals surface area contributed by atoms with Gasteiger partial charge >= 0.3 is 5.97 Å². The van der Waals surface area contributed by atoms with Crippen LogP contribution >= 0.6 is 0 Å². The fourth-order valence-electron chi connectivity index (χ4n) is 7.97.